The van der Waals surface area contributed by atoms with E-state index in [1.807, 2.05) is 4.90 Å². The fourth-order valence-corrected chi connectivity index (χ4v) is 2.04. The lowest BCUT2D eigenvalue weighted by Crippen LogP contribution is -2.22. The van der Waals surface area contributed by atoms with Crippen LogP contribution < -0.4 is 4.74 Å². The maximum absolute atomic E-state index is 13.4. The van der Waals surface area contributed by atoms with E-state index in [1.54, 1.807) is 12.1 Å². The molecular weight excluding hydrogens is 225 g/mol. The number of likely N-dealkylation sites (tertiary alicyclic amines) is 1. The molecule has 1 aromatic carbocycles. The molecule has 0 saturated carbocycles. The van der Waals surface area contributed by atoms with E-state index in [0.717, 1.165) is 5.56 Å². The van der Waals surface area contributed by atoms with E-state index >= 15 is 0 Å². The van der Waals surface area contributed by atoms with E-state index in [-0.39, 0.29) is 5.75 Å². The Morgan fingerprint density at radius 3 is 2.53 bits per heavy atom. The van der Waals surface area contributed by atoms with Crippen molar-refractivity contribution in [1.29, 1.82) is 0 Å². The molecular formula is C12H16FNO3. The zero-order valence-corrected chi connectivity index (χ0v) is 9.64. The van der Waals surface area contributed by atoms with Crippen molar-refractivity contribution in [3.8, 4) is 5.75 Å². The van der Waals surface area contributed by atoms with Crippen LogP contribution in [0.5, 0.6) is 5.75 Å². The number of benzene rings is 1. The summed E-state index contributed by atoms with van der Waals surface area (Å²) in [4.78, 5) is 1.89. The number of nitrogens with zero attached hydrogens (tertiary/aromatic N) is 1. The van der Waals surface area contributed by atoms with E-state index in [1.165, 1.54) is 13.2 Å². The highest BCUT2D eigenvalue weighted by atomic mass is 19.1. The molecule has 0 amide bonds. The Balaban J connectivity index is 2.02. The molecule has 0 aromatic heterocycles. The molecule has 1 heterocycles. The molecule has 0 aliphatic carbocycles. The third-order valence-electron chi connectivity index (χ3n) is 2.96. The van der Waals surface area contributed by atoms with Crippen LogP contribution in [0, 0.1) is 5.82 Å². The van der Waals surface area contributed by atoms with Crippen LogP contribution in [0.15, 0.2) is 18.2 Å². The predicted molar refractivity (Wildman–Crippen MR) is 60.2 cm³/mol. The van der Waals surface area contributed by atoms with Gasteiger partial charge in [0.05, 0.1) is 19.3 Å². The Hall–Kier alpha value is -1.17. The van der Waals surface area contributed by atoms with E-state index in [2.05, 4.69) is 0 Å². The second-order valence-electron chi connectivity index (χ2n) is 4.30. The SMILES string of the molecule is COc1ccc(CN2CC(O)C(O)C2)cc1F. The molecule has 2 N–H and O–H groups in total. The molecule has 0 bridgehead atoms. The van der Waals surface area contributed by atoms with Crippen molar-refractivity contribution in [2.75, 3.05) is 20.2 Å². The number of hydrogen-bond acceptors (Lipinski definition) is 4. The van der Waals surface area contributed by atoms with Crippen LogP contribution in [0.3, 0.4) is 0 Å². The first-order valence-electron chi connectivity index (χ1n) is 5.51. The van der Waals surface area contributed by atoms with Crippen LogP contribution in [0.4, 0.5) is 4.39 Å². The summed E-state index contributed by atoms with van der Waals surface area (Å²) in [5, 5.41) is 18.8. The van der Waals surface area contributed by atoms with E-state index in [4.69, 9.17) is 4.74 Å². The molecule has 1 aliphatic rings. The number of aliphatic hydroxyl groups excluding tert-OH is 2. The largest absolute Gasteiger partial charge is 0.494 e. The van der Waals surface area contributed by atoms with Gasteiger partial charge in [0.2, 0.25) is 0 Å². The van der Waals surface area contributed by atoms with Crippen LogP contribution in [-0.4, -0.2) is 47.5 Å². The fraction of sp³-hybridized carbons (Fsp3) is 0.500. The van der Waals surface area contributed by atoms with Crippen molar-refractivity contribution in [3.05, 3.63) is 29.6 Å². The molecule has 1 aromatic rings. The summed E-state index contributed by atoms with van der Waals surface area (Å²) in [7, 11) is 1.42. The quantitative estimate of drug-likeness (QED) is 0.803. The second-order valence-corrected chi connectivity index (χ2v) is 4.30. The van der Waals surface area contributed by atoms with Crippen molar-refractivity contribution in [2.24, 2.45) is 0 Å². The Kier molecular flexibility index (Phi) is 3.61. The predicted octanol–water partition coefficient (Wildman–Crippen LogP) is 0.372. The van der Waals surface area contributed by atoms with Gasteiger partial charge in [0, 0.05) is 19.6 Å². The molecule has 17 heavy (non-hydrogen) atoms. The molecule has 1 saturated heterocycles. The normalized spacial score (nSPS) is 25.2. The summed E-state index contributed by atoms with van der Waals surface area (Å²) in [6.45, 7) is 1.33. The topological polar surface area (TPSA) is 52.9 Å². The first kappa shape index (κ1) is 12.3. The van der Waals surface area contributed by atoms with Crippen molar-refractivity contribution in [3.63, 3.8) is 0 Å². The van der Waals surface area contributed by atoms with Gasteiger partial charge in [-0.05, 0) is 17.7 Å². The van der Waals surface area contributed by atoms with Gasteiger partial charge in [0.15, 0.2) is 11.6 Å². The minimum absolute atomic E-state index is 0.218. The minimum atomic E-state index is -0.710. The van der Waals surface area contributed by atoms with Crippen LogP contribution in [0.25, 0.3) is 0 Å². The standard InChI is InChI=1S/C12H16FNO3/c1-17-12-3-2-8(4-9(12)13)5-14-6-10(15)11(16)7-14/h2-4,10-11,15-16H,5-7H2,1H3. The third-order valence-corrected chi connectivity index (χ3v) is 2.96. The highest BCUT2D eigenvalue weighted by Gasteiger charge is 2.29. The molecule has 5 heteroatoms. The summed E-state index contributed by atoms with van der Waals surface area (Å²) in [6.07, 6.45) is -1.42. The zero-order valence-electron chi connectivity index (χ0n) is 9.64. The van der Waals surface area contributed by atoms with Gasteiger partial charge in [-0.2, -0.15) is 0 Å². The zero-order chi connectivity index (χ0) is 12.4. The summed E-state index contributed by atoms with van der Waals surface area (Å²) < 4.78 is 18.3. The summed E-state index contributed by atoms with van der Waals surface area (Å²) in [5.74, 6) is -0.180. The van der Waals surface area contributed by atoms with Crippen LogP contribution >= 0.6 is 0 Å². The number of rotatable bonds is 3. The summed E-state index contributed by atoms with van der Waals surface area (Å²) >= 11 is 0. The maximum atomic E-state index is 13.4. The van der Waals surface area contributed by atoms with Gasteiger partial charge in [0.25, 0.3) is 0 Å². The van der Waals surface area contributed by atoms with E-state index < -0.39 is 18.0 Å². The number of hydrogen-bond donors (Lipinski definition) is 2. The fourth-order valence-electron chi connectivity index (χ4n) is 2.04. The van der Waals surface area contributed by atoms with Crippen LogP contribution in [0.1, 0.15) is 5.56 Å². The first-order valence-corrected chi connectivity index (χ1v) is 5.51. The van der Waals surface area contributed by atoms with Gasteiger partial charge in [-0.15, -0.1) is 0 Å². The number of aliphatic hydroxyl groups is 2. The first-order chi connectivity index (χ1) is 8.10. The molecule has 2 unspecified atom stereocenters. The Labute approximate surface area is 99.2 Å². The van der Waals surface area contributed by atoms with Gasteiger partial charge in [-0.25, -0.2) is 4.39 Å². The summed E-state index contributed by atoms with van der Waals surface area (Å²) in [6, 6.07) is 4.77. The second kappa shape index (κ2) is 5.00. The van der Waals surface area contributed by atoms with E-state index in [9.17, 15) is 14.6 Å². The molecule has 2 rings (SSSR count). The lowest BCUT2D eigenvalue weighted by Gasteiger charge is -2.15. The van der Waals surface area contributed by atoms with Crippen molar-refractivity contribution < 1.29 is 19.3 Å². The van der Waals surface area contributed by atoms with Gasteiger partial charge in [0.1, 0.15) is 0 Å². The van der Waals surface area contributed by atoms with Crippen molar-refractivity contribution in [2.45, 2.75) is 18.8 Å². The lowest BCUT2D eigenvalue weighted by molar-refractivity contribution is 0.0572. The van der Waals surface area contributed by atoms with Crippen LogP contribution in [-0.2, 0) is 6.54 Å². The van der Waals surface area contributed by atoms with Crippen molar-refractivity contribution >= 4 is 0 Å². The smallest absolute Gasteiger partial charge is 0.165 e. The van der Waals surface area contributed by atoms with E-state index in [0.29, 0.717) is 19.6 Å². The molecule has 2 atom stereocenters. The molecule has 94 valence electrons. The third kappa shape index (κ3) is 2.74. The summed E-state index contributed by atoms with van der Waals surface area (Å²) in [5.41, 5.74) is 0.796. The Bertz CT molecular complexity index is 389. The highest BCUT2D eigenvalue weighted by Crippen LogP contribution is 2.20. The average Bonchev–Trinajstić information content (AvgIpc) is 2.58. The molecule has 4 nitrogen and oxygen atoms in total. The Morgan fingerprint density at radius 2 is 2.00 bits per heavy atom. The van der Waals surface area contributed by atoms with Gasteiger partial charge >= 0.3 is 0 Å². The van der Waals surface area contributed by atoms with Crippen molar-refractivity contribution in [1.82, 2.24) is 4.90 Å². The highest BCUT2D eigenvalue weighted by molar-refractivity contribution is 5.29. The minimum Gasteiger partial charge on any atom is -0.494 e. The van der Waals surface area contributed by atoms with Gasteiger partial charge < -0.3 is 14.9 Å². The van der Waals surface area contributed by atoms with Gasteiger partial charge in [-0.1, -0.05) is 6.07 Å². The number of β-amino-alcohol motifs (C(OH)–C–C–N with tert-alkyl or cyclic N) is 2. The molecule has 0 radical (unpaired) electrons. The maximum Gasteiger partial charge on any atom is 0.165 e. The molecule has 1 fully saturated rings. The molecule has 1 aliphatic heterocycles. The monoisotopic (exact) mass is 241 g/mol. The Morgan fingerprint density at radius 1 is 1.35 bits per heavy atom. The van der Waals surface area contributed by atoms with Gasteiger partial charge in [-0.3, -0.25) is 4.90 Å². The lowest BCUT2D eigenvalue weighted by atomic mass is 10.2. The molecule has 0 spiro atoms. The number of ether oxygens (including phenoxy) is 1. The van der Waals surface area contributed by atoms with Crippen LogP contribution in [0.2, 0.25) is 0 Å². The average molecular weight is 241 g/mol. The number of halogens is 1. The number of methoxy groups -OCH3 is 1.